The Balaban J connectivity index is 2.01. The van der Waals surface area contributed by atoms with Crippen LogP contribution in [-0.4, -0.2) is 18.1 Å². The van der Waals surface area contributed by atoms with Gasteiger partial charge in [-0.05, 0) is 59.7 Å². The van der Waals surface area contributed by atoms with Crippen molar-refractivity contribution in [3.05, 3.63) is 22.8 Å². The third-order valence-electron chi connectivity index (χ3n) is 3.61. The molecule has 0 spiro atoms. The van der Waals surface area contributed by atoms with Crippen LogP contribution in [0.3, 0.4) is 0 Å². The van der Waals surface area contributed by atoms with Crippen LogP contribution in [0.2, 0.25) is 0 Å². The molecule has 1 aliphatic rings. The molecule has 0 aliphatic heterocycles. The van der Waals surface area contributed by atoms with Crippen LogP contribution in [0.5, 0.6) is 0 Å². The molecule has 0 bridgehead atoms. The van der Waals surface area contributed by atoms with Crippen molar-refractivity contribution in [3.63, 3.8) is 0 Å². The van der Waals surface area contributed by atoms with Gasteiger partial charge in [-0.25, -0.2) is 4.98 Å². The van der Waals surface area contributed by atoms with E-state index in [0.29, 0.717) is 6.04 Å². The van der Waals surface area contributed by atoms with E-state index in [1.165, 1.54) is 25.7 Å². The fraction of sp³-hybridized carbons (Fsp3) is 0.615. The lowest BCUT2D eigenvalue weighted by Gasteiger charge is -2.34. The van der Waals surface area contributed by atoms with Crippen LogP contribution in [-0.2, 0) is 0 Å². The third-order valence-corrected chi connectivity index (χ3v) is 4.08. The molecule has 0 amide bonds. The van der Waals surface area contributed by atoms with E-state index in [-0.39, 0.29) is 0 Å². The van der Waals surface area contributed by atoms with Gasteiger partial charge in [-0.3, -0.25) is 0 Å². The normalized spacial score (nSPS) is 25.4. The molecule has 2 nitrogen and oxygen atoms in total. The Morgan fingerprint density at radius 3 is 2.50 bits per heavy atom. The quantitative estimate of drug-likeness (QED) is 0.819. The largest absolute Gasteiger partial charge is 0.357 e. The van der Waals surface area contributed by atoms with E-state index in [9.17, 15) is 0 Å². The lowest BCUT2D eigenvalue weighted by molar-refractivity contribution is 0.340. The minimum absolute atomic E-state index is 0.671. The Morgan fingerprint density at radius 1 is 1.25 bits per heavy atom. The fourth-order valence-corrected chi connectivity index (χ4v) is 2.63. The summed E-state index contributed by atoms with van der Waals surface area (Å²) in [6.07, 6.45) is 7.18. The maximum Gasteiger partial charge on any atom is 0.128 e. The molecule has 1 aliphatic carbocycles. The summed E-state index contributed by atoms with van der Waals surface area (Å²) in [5, 5.41) is 0. The molecule has 0 unspecified atom stereocenters. The van der Waals surface area contributed by atoms with Gasteiger partial charge in [0.25, 0.3) is 0 Å². The molecule has 0 radical (unpaired) electrons. The second-order valence-corrected chi connectivity index (χ2v) is 5.77. The summed E-state index contributed by atoms with van der Waals surface area (Å²) < 4.78 is 1.04. The minimum Gasteiger partial charge on any atom is -0.357 e. The number of halogens is 1. The maximum atomic E-state index is 4.45. The van der Waals surface area contributed by atoms with Crippen molar-refractivity contribution in [2.24, 2.45) is 5.92 Å². The summed E-state index contributed by atoms with van der Waals surface area (Å²) >= 11 is 3.42. The third kappa shape index (κ3) is 2.76. The highest BCUT2D eigenvalue weighted by Gasteiger charge is 2.22. The highest BCUT2D eigenvalue weighted by atomic mass is 79.9. The second-order valence-electron chi connectivity index (χ2n) is 4.86. The first-order chi connectivity index (χ1) is 7.66. The molecule has 2 rings (SSSR count). The van der Waals surface area contributed by atoms with Crippen molar-refractivity contribution in [1.29, 1.82) is 0 Å². The molecule has 1 saturated carbocycles. The van der Waals surface area contributed by atoms with Gasteiger partial charge in [-0.1, -0.05) is 6.92 Å². The number of hydrogen-bond acceptors (Lipinski definition) is 2. The molecule has 1 fully saturated rings. The number of pyridine rings is 1. The summed E-state index contributed by atoms with van der Waals surface area (Å²) in [4.78, 5) is 6.78. The fourth-order valence-electron chi connectivity index (χ4n) is 2.39. The van der Waals surface area contributed by atoms with Gasteiger partial charge in [-0.2, -0.15) is 0 Å². The molecule has 0 N–H and O–H groups in total. The minimum atomic E-state index is 0.671. The van der Waals surface area contributed by atoms with Crippen LogP contribution in [0.4, 0.5) is 5.82 Å². The standard InChI is InChI=1S/C13H19BrN2/c1-10-3-6-12(7-4-10)16(2)13-8-5-11(14)9-15-13/h5,8-10,12H,3-4,6-7H2,1-2H3. The van der Waals surface area contributed by atoms with Gasteiger partial charge in [0, 0.05) is 23.8 Å². The van der Waals surface area contributed by atoms with E-state index in [1.54, 1.807) is 0 Å². The molecule has 0 saturated heterocycles. The predicted octanol–water partition coefficient (Wildman–Crippen LogP) is 3.86. The van der Waals surface area contributed by atoms with Crippen molar-refractivity contribution in [2.75, 3.05) is 11.9 Å². The number of anilines is 1. The molecule has 0 aromatic carbocycles. The Bertz CT molecular complexity index is 328. The van der Waals surface area contributed by atoms with E-state index < -0.39 is 0 Å². The lowest BCUT2D eigenvalue weighted by Crippen LogP contribution is -2.35. The van der Waals surface area contributed by atoms with Crippen LogP contribution < -0.4 is 4.90 Å². The Labute approximate surface area is 106 Å². The van der Waals surface area contributed by atoms with Gasteiger partial charge in [0.15, 0.2) is 0 Å². The van der Waals surface area contributed by atoms with Gasteiger partial charge in [-0.15, -0.1) is 0 Å². The summed E-state index contributed by atoms with van der Waals surface area (Å²) in [6, 6.07) is 4.82. The number of aromatic nitrogens is 1. The number of rotatable bonds is 2. The van der Waals surface area contributed by atoms with Crippen molar-refractivity contribution >= 4 is 21.7 Å². The highest BCUT2D eigenvalue weighted by molar-refractivity contribution is 9.10. The molecule has 16 heavy (non-hydrogen) atoms. The van der Waals surface area contributed by atoms with Gasteiger partial charge in [0.2, 0.25) is 0 Å². The lowest BCUT2D eigenvalue weighted by atomic mass is 9.87. The van der Waals surface area contributed by atoms with E-state index >= 15 is 0 Å². The first kappa shape index (κ1) is 11.9. The van der Waals surface area contributed by atoms with Crippen LogP contribution in [0.25, 0.3) is 0 Å². The smallest absolute Gasteiger partial charge is 0.128 e. The molecular formula is C13H19BrN2. The monoisotopic (exact) mass is 282 g/mol. The Hall–Kier alpha value is -0.570. The summed E-state index contributed by atoms with van der Waals surface area (Å²) in [6.45, 7) is 2.36. The van der Waals surface area contributed by atoms with Crippen molar-refractivity contribution in [2.45, 2.75) is 38.6 Å². The number of hydrogen-bond donors (Lipinski definition) is 0. The molecule has 3 heteroatoms. The molecule has 1 aromatic rings. The summed E-state index contributed by atoms with van der Waals surface area (Å²) in [7, 11) is 2.16. The average Bonchev–Trinajstić information content (AvgIpc) is 2.30. The Morgan fingerprint density at radius 2 is 1.94 bits per heavy atom. The Kier molecular flexibility index (Phi) is 3.85. The molecule has 1 heterocycles. The predicted molar refractivity (Wildman–Crippen MR) is 71.8 cm³/mol. The van der Waals surface area contributed by atoms with Gasteiger partial charge in [0.05, 0.1) is 0 Å². The second kappa shape index (κ2) is 5.17. The van der Waals surface area contributed by atoms with Gasteiger partial charge in [0.1, 0.15) is 5.82 Å². The van der Waals surface area contributed by atoms with Crippen LogP contribution in [0, 0.1) is 5.92 Å². The van der Waals surface area contributed by atoms with Crippen molar-refractivity contribution < 1.29 is 0 Å². The molecule has 0 atom stereocenters. The average molecular weight is 283 g/mol. The highest BCUT2D eigenvalue weighted by Crippen LogP contribution is 2.28. The van der Waals surface area contributed by atoms with E-state index in [1.807, 2.05) is 6.20 Å². The zero-order valence-electron chi connectivity index (χ0n) is 9.99. The summed E-state index contributed by atoms with van der Waals surface area (Å²) in [5.41, 5.74) is 0. The molecular weight excluding hydrogens is 264 g/mol. The van der Waals surface area contributed by atoms with Crippen LogP contribution in [0.1, 0.15) is 32.6 Å². The van der Waals surface area contributed by atoms with Crippen LogP contribution in [0.15, 0.2) is 22.8 Å². The van der Waals surface area contributed by atoms with Crippen molar-refractivity contribution in [1.82, 2.24) is 4.98 Å². The molecule has 88 valence electrons. The van der Waals surface area contributed by atoms with Gasteiger partial charge < -0.3 is 4.90 Å². The van der Waals surface area contributed by atoms with Gasteiger partial charge >= 0.3 is 0 Å². The maximum absolute atomic E-state index is 4.45. The first-order valence-corrected chi connectivity index (χ1v) is 6.80. The van der Waals surface area contributed by atoms with Crippen LogP contribution >= 0.6 is 15.9 Å². The van der Waals surface area contributed by atoms with Crippen molar-refractivity contribution in [3.8, 4) is 0 Å². The topological polar surface area (TPSA) is 16.1 Å². The number of nitrogens with zero attached hydrogens (tertiary/aromatic N) is 2. The zero-order valence-corrected chi connectivity index (χ0v) is 11.6. The first-order valence-electron chi connectivity index (χ1n) is 6.01. The summed E-state index contributed by atoms with van der Waals surface area (Å²) in [5.74, 6) is 1.99. The zero-order chi connectivity index (χ0) is 11.5. The van der Waals surface area contributed by atoms with E-state index in [2.05, 4.69) is 51.9 Å². The molecule has 1 aromatic heterocycles. The van der Waals surface area contributed by atoms with E-state index in [0.717, 1.165) is 16.2 Å². The van der Waals surface area contributed by atoms with E-state index in [4.69, 9.17) is 0 Å². The SMILES string of the molecule is CC1CCC(N(C)c2ccc(Br)cn2)CC1.